The molecule has 2 amide bonds. The fourth-order valence-electron chi connectivity index (χ4n) is 5.54. The lowest BCUT2D eigenvalue weighted by atomic mass is 9.97. The smallest absolute Gasteiger partial charge is 0.243 e. The topological polar surface area (TPSA) is 120 Å². The number of likely N-dealkylation sites (N-methyl/N-ethyl adjacent to an activating group) is 1. The average molecular weight is 616 g/mol. The van der Waals surface area contributed by atoms with E-state index in [0.29, 0.717) is 32.2 Å². The van der Waals surface area contributed by atoms with Crippen LogP contribution in [0.5, 0.6) is 0 Å². The number of aliphatic hydroxyl groups excluding tert-OH is 1. The number of carbonyl (C=O) groups is 2. The van der Waals surface area contributed by atoms with E-state index in [1.54, 1.807) is 5.48 Å². The fraction of sp³-hybridized carbons (Fsp3) is 0.389. The Morgan fingerprint density at radius 3 is 2.31 bits per heavy atom. The van der Waals surface area contributed by atoms with Crippen molar-refractivity contribution in [1.82, 2.24) is 15.7 Å². The minimum absolute atomic E-state index is 0.00338. The number of nitrogens with zero attached hydrogens (tertiary/aromatic N) is 1. The first-order chi connectivity index (χ1) is 21.9. The standard InChI is InChI=1S/C36H45N3O6/c1-3-21-39(2)24-31-22-33(28-15-13-26(25-40)14-16-28)45-36(44-31)29-19-17-27(18-20-29)32-10-8-7-9-30(32)23-37-34(41)11-5-4-6-12-35(42)38-43/h3,7-10,13-20,31,33,36,40,43H,1,4-6,11-12,21-25H2,2H3,(H,37,41)(H,38,42). The maximum absolute atomic E-state index is 12.5. The summed E-state index contributed by atoms with van der Waals surface area (Å²) >= 11 is 0. The number of hydrogen-bond acceptors (Lipinski definition) is 7. The van der Waals surface area contributed by atoms with E-state index >= 15 is 0 Å². The predicted molar refractivity (Wildman–Crippen MR) is 173 cm³/mol. The van der Waals surface area contributed by atoms with Crippen LogP contribution in [0.15, 0.2) is 85.5 Å². The van der Waals surface area contributed by atoms with Gasteiger partial charge in [-0.3, -0.25) is 14.8 Å². The van der Waals surface area contributed by atoms with E-state index in [-0.39, 0.29) is 31.1 Å². The molecule has 3 aromatic carbocycles. The van der Waals surface area contributed by atoms with Crippen LogP contribution in [0.25, 0.3) is 11.1 Å². The summed E-state index contributed by atoms with van der Waals surface area (Å²) in [6, 6.07) is 24.1. The van der Waals surface area contributed by atoms with Gasteiger partial charge in [0.15, 0.2) is 6.29 Å². The van der Waals surface area contributed by atoms with Crippen LogP contribution in [0.2, 0.25) is 0 Å². The highest BCUT2D eigenvalue weighted by Crippen LogP contribution is 2.38. The van der Waals surface area contributed by atoms with Crippen molar-refractivity contribution in [3.05, 3.63) is 108 Å². The van der Waals surface area contributed by atoms with Crippen LogP contribution in [0.3, 0.4) is 0 Å². The molecule has 0 spiro atoms. The van der Waals surface area contributed by atoms with Crippen molar-refractivity contribution in [3.8, 4) is 11.1 Å². The Kier molecular flexibility index (Phi) is 13.3. The highest BCUT2D eigenvalue weighted by molar-refractivity contribution is 5.76. The Balaban J connectivity index is 1.41. The second-order valence-electron chi connectivity index (χ2n) is 11.5. The molecule has 0 bridgehead atoms. The Labute approximate surface area is 265 Å². The molecule has 4 rings (SSSR count). The second-order valence-corrected chi connectivity index (χ2v) is 11.5. The molecule has 0 saturated carbocycles. The number of unbranched alkanes of at least 4 members (excludes halogenated alkanes) is 2. The summed E-state index contributed by atoms with van der Waals surface area (Å²) in [5.41, 5.74) is 7.54. The van der Waals surface area contributed by atoms with Gasteiger partial charge in [0.1, 0.15) is 0 Å². The molecular weight excluding hydrogens is 570 g/mol. The molecule has 240 valence electrons. The molecule has 9 nitrogen and oxygen atoms in total. The van der Waals surface area contributed by atoms with E-state index < -0.39 is 12.2 Å². The number of carbonyl (C=O) groups excluding carboxylic acids is 2. The van der Waals surface area contributed by atoms with Crippen molar-refractivity contribution in [2.24, 2.45) is 0 Å². The zero-order chi connectivity index (χ0) is 32.0. The van der Waals surface area contributed by atoms with Gasteiger partial charge in [0.2, 0.25) is 11.8 Å². The van der Waals surface area contributed by atoms with E-state index in [0.717, 1.165) is 52.9 Å². The number of aliphatic hydroxyl groups is 1. The summed E-state index contributed by atoms with van der Waals surface area (Å²) in [5, 5.41) is 21.0. The highest BCUT2D eigenvalue weighted by Gasteiger charge is 2.32. The van der Waals surface area contributed by atoms with E-state index in [1.807, 2.05) is 66.7 Å². The normalized spacial score (nSPS) is 18.0. The molecule has 0 aromatic heterocycles. The van der Waals surface area contributed by atoms with Gasteiger partial charge in [0, 0.05) is 44.5 Å². The minimum atomic E-state index is -0.537. The van der Waals surface area contributed by atoms with Gasteiger partial charge in [0.05, 0.1) is 18.8 Å². The molecule has 1 aliphatic heterocycles. The second kappa shape index (κ2) is 17.6. The van der Waals surface area contributed by atoms with Crippen LogP contribution in [0.4, 0.5) is 0 Å². The quantitative estimate of drug-likeness (QED) is 0.0719. The lowest BCUT2D eigenvalue weighted by Gasteiger charge is -2.37. The molecule has 9 heteroatoms. The molecule has 1 heterocycles. The lowest BCUT2D eigenvalue weighted by Crippen LogP contribution is -2.37. The molecule has 0 aliphatic carbocycles. The largest absolute Gasteiger partial charge is 0.392 e. The first-order valence-corrected chi connectivity index (χ1v) is 15.6. The minimum Gasteiger partial charge on any atom is -0.392 e. The molecule has 1 fully saturated rings. The average Bonchev–Trinajstić information content (AvgIpc) is 3.07. The van der Waals surface area contributed by atoms with E-state index in [2.05, 4.69) is 36.0 Å². The summed E-state index contributed by atoms with van der Waals surface area (Å²) in [4.78, 5) is 25.7. The maximum atomic E-state index is 12.5. The van der Waals surface area contributed by atoms with Crippen molar-refractivity contribution in [2.45, 2.75) is 70.2 Å². The molecule has 1 saturated heterocycles. The van der Waals surface area contributed by atoms with Gasteiger partial charge < -0.3 is 24.8 Å². The highest BCUT2D eigenvalue weighted by atomic mass is 16.7. The number of hydrogen-bond donors (Lipinski definition) is 4. The third kappa shape index (κ3) is 10.3. The zero-order valence-electron chi connectivity index (χ0n) is 26.0. The van der Waals surface area contributed by atoms with Gasteiger partial charge in [-0.05, 0) is 47.7 Å². The van der Waals surface area contributed by atoms with Gasteiger partial charge in [-0.25, -0.2) is 5.48 Å². The summed E-state index contributed by atoms with van der Waals surface area (Å²) in [7, 11) is 2.05. The van der Waals surface area contributed by atoms with E-state index in [4.69, 9.17) is 14.7 Å². The SMILES string of the molecule is C=CCN(C)CC1CC(c2ccc(CO)cc2)OC(c2ccc(-c3ccccc3CNC(=O)CCCCCC(=O)NO)cc2)O1. The monoisotopic (exact) mass is 615 g/mol. The van der Waals surface area contributed by atoms with Crippen molar-refractivity contribution < 1.29 is 29.4 Å². The van der Waals surface area contributed by atoms with Gasteiger partial charge in [-0.15, -0.1) is 6.58 Å². The molecule has 3 unspecified atom stereocenters. The third-order valence-electron chi connectivity index (χ3n) is 7.99. The maximum Gasteiger partial charge on any atom is 0.243 e. The van der Waals surface area contributed by atoms with Gasteiger partial charge in [0.25, 0.3) is 0 Å². The van der Waals surface area contributed by atoms with Crippen LogP contribution in [-0.2, 0) is 32.2 Å². The van der Waals surface area contributed by atoms with Gasteiger partial charge in [-0.1, -0.05) is 85.3 Å². The van der Waals surface area contributed by atoms with Crippen molar-refractivity contribution >= 4 is 11.8 Å². The van der Waals surface area contributed by atoms with Crippen LogP contribution in [0.1, 0.15) is 73.2 Å². The fourth-order valence-corrected chi connectivity index (χ4v) is 5.54. The predicted octanol–water partition coefficient (Wildman–Crippen LogP) is 5.58. The summed E-state index contributed by atoms with van der Waals surface area (Å²) in [6.45, 7) is 5.78. The van der Waals surface area contributed by atoms with E-state index in [1.165, 1.54) is 0 Å². The number of rotatable bonds is 16. The lowest BCUT2D eigenvalue weighted by molar-refractivity contribution is -0.252. The zero-order valence-corrected chi connectivity index (χ0v) is 26.0. The summed E-state index contributed by atoms with van der Waals surface area (Å²) in [5.74, 6) is -0.444. The molecule has 0 radical (unpaired) electrons. The van der Waals surface area contributed by atoms with Crippen molar-refractivity contribution in [1.29, 1.82) is 0 Å². The molecule has 4 N–H and O–H groups in total. The van der Waals surface area contributed by atoms with Crippen LogP contribution in [-0.4, -0.2) is 53.3 Å². The van der Waals surface area contributed by atoms with Crippen LogP contribution < -0.4 is 10.8 Å². The Bertz CT molecular complexity index is 1380. The molecular formula is C36H45N3O6. The molecule has 1 aliphatic rings. The Morgan fingerprint density at radius 1 is 0.933 bits per heavy atom. The number of nitrogens with one attached hydrogen (secondary N) is 2. The molecule has 3 aromatic rings. The van der Waals surface area contributed by atoms with Crippen LogP contribution in [0, 0.1) is 0 Å². The molecule has 3 atom stereocenters. The summed E-state index contributed by atoms with van der Waals surface area (Å²) in [6.07, 6.45) is 4.55. The van der Waals surface area contributed by atoms with Crippen molar-refractivity contribution in [3.63, 3.8) is 0 Å². The van der Waals surface area contributed by atoms with Gasteiger partial charge >= 0.3 is 0 Å². The first-order valence-electron chi connectivity index (χ1n) is 15.6. The number of amides is 2. The Hall–Kier alpha value is -3.86. The van der Waals surface area contributed by atoms with Crippen LogP contribution >= 0.6 is 0 Å². The number of benzene rings is 3. The number of hydroxylamine groups is 1. The number of ether oxygens (including phenoxy) is 2. The third-order valence-corrected chi connectivity index (χ3v) is 7.99. The van der Waals surface area contributed by atoms with Gasteiger partial charge in [-0.2, -0.15) is 0 Å². The Morgan fingerprint density at radius 2 is 1.62 bits per heavy atom. The molecule has 45 heavy (non-hydrogen) atoms. The first kappa shape index (κ1) is 34.0. The van der Waals surface area contributed by atoms with E-state index in [9.17, 15) is 14.7 Å². The van der Waals surface area contributed by atoms with Crippen molar-refractivity contribution in [2.75, 3.05) is 20.1 Å². The summed E-state index contributed by atoms with van der Waals surface area (Å²) < 4.78 is 13.0.